The Balaban J connectivity index is 1.64. The number of sulfonamides is 1. The lowest BCUT2D eigenvalue weighted by molar-refractivity contribution is -0.137. The molecule has 32 heavy (non-hydrogen) atoms. The summed E-state index contributed by atoms with van der Waals surface area (Å²) >= 11 is 2.18. The Morgan fingerprint density at radius 3 is 2.25 bits per heavy atom. The van der Waals surface area contributed by atoms with Crippen LogP contribution in [0.5, 0.6) is 0 Å². The molecule has 1 heterocycles. The number of hydrogen-bond acceptors (Lipinski definition) is 3. The van der Waals surface area contributed by atoms with Crippen LogP contribution in [0.2, 0.25) is 0 Å². The van der Waals surface area contributed by atoms with Crippen molar-refractivity contribution >= 4 is 44.3 Å². The van der Waals surface area contributed by atoms with Gasteiger partial charge in [-0.2, -0.15) is 0 Å². The lowest BCUT2D eigenvalue weighted by Crippen LogP contribution is -2.26. The molecule has 0 saturated heterocycles. The van der Waals surface area contributed by atoms with Crippen LogP contribution in [0.15, 0.2) is 47.4 Å². The summed E-state index contributed by atoms with van der Waals surface area (Å²) in [6.07, 6.45) is 9.69. The van der Waals surface area contributed by atoms with Crippen LogP contribution in [0.4, 0.5) is 5.69 Å². The number of carbonyl (C=O) groups is 1. The van der Waals surface area contributed by atoms with Gasteiger partial charge < -0.3 is 5.11 Å². The van der Waals surface area contributed by atoms with Crippen LogP contribution in [0.3, 0.4) is 0 Å². The van der Waals surface area contributed by atoms with Gasteiger partial charge in [0.1, 0.15) is 0 Å². The van der Waals surface area contributed by atoms with Gasteiger partial charge in [-0.25, -0.2) is 8.42 Å². The van der Waals surface area contributed by atoms with E-state index < -0.39 is 16.0 Å². The van der Waals surface area contributed by atoms with Crippen molar-refractivity contribution in [1.82, 2.24) is 0 Å². The third-order valence-corrected chi connectivity index (χ3v) is 8.77. The van der Waals surface area contributed by atoms with E-state index in [-0.39, 0.29) is 12.3 Å². The van der Waals surface area contributed by atoms with E-state index in [1.165, 1.54) is 10.7 Å². The molecule has 2 aromatic carbocycles. The molecule has 7 heteroatoms. The smallest absolute Gasteiger partial charge is 0.303 e. The molecule has 0 aliphatic carbocycles. The maximum absolute atomic E-state index is 13.3. The van der Waals surface area contributed by atoms with Crippen molar-refractivity contribution < 1.29 is 18.3 Å². The van der Waals surface area contributed by atoms with E-state index in [4.69, 9.17) is 5.11 Å². The van der Waals surface area contributed by atoms with Gasteiger partial charge >= 0.3 is 5.97 Å². The second-order valence-electron chi connectivity index (χ2n) is 8.53. The molecule has 0 bridgehead atoms. The summed E-state index contributed by atoms with van der Waals surface area (Å²) in [5.74, 6) is -0.644. The Hall–Kier alpha value is -1.61. The maximum atomic E-state index is 13.3. The van der Waals surface area contributed by atoms with Gasteiger partial charge in [-0.15, -0.1) is 0 Å². The number of halogens is 1. The van der Waals surface area contributed by atoms with Crippen molar-refractivity contribution in [2.24, 2.45) is 0 Å². The van der Waals surface area contributed by atoms with Crippen molar-refractivity contribution in [2.45, 2.75) is 75.0 Å². The average Bonchev–Trinajstić information content (AvgIpc) is 2.83. The maximum Gasteiger partial charge on any atom is 0.303 e. The minimum atomic E-state index is -3.59. The third-order valence-electron chi connectivity index (χ3n) is 6.27. The predicted molar refractivity (Wildman–Crippen MR) is 137 cm³/mol. The molecule has 1 N–H and O–H groups in total. The highest BCUT2D eigenvalue weighted by molar-refractivity contribution is 14.1. The van der Waals surface area contributed by atoms with Crippen LogP contribution in [-0.2, 0) is 14.8 Å². The molecule has 1 aliphatic rings. The fourth-order valence-electron chi connectivity index (χ4n) is 4.53. The largest absolute Gasteiger partial charge is 0.481 e. The van der Waals surface area contributed by atoms with Crippen molar-refractivity contribution in [2.75, 3.05) is 11.4 Å². The molecule has 0 fully saturated rings. The van der Waals surface area contributed by atoms with Crippen LogP contribution in [0.1, 0.15) is 81.3 Å². The first kappa shape index (κ1) is 25.0. The lowest BCUT2D eigenvalue weighted by Gasteiger charge is -2.21. The molecule has 0 amide bonds. The van der Waals surface area contributed by atoms with Gasteiger partial charge in [-0.1, -0.05) is 69.2 Å². The highest BCUT2D eigenvalue weighted by Gasteiger charge is 2.34. The third kappa shape index (κ3) is 6.04. The van der Waals surface area contributed by atoms with E-state index in [2.05, 4.69) is 28.7 Å². The lowest BCUT2D eigenvalue weighted by atomic mass is 9.85. The van der Waals surface area contributed by atoms with Crippen molar-refractivity contribution in [3.8, 4) is 0 Å². The van der Waals surface area contributed by atoms with Gasteiger partial charge in [-0.3, -0.25) is 9.10 Å². The van der Waals surface area contributed by atoms with E-state index >= 15 is 0 Å². The van der Waals surface area contributed by atoms with Gasteiger partial charge in [0, 0.05) is 23.0 Å². The molecule has 1 unspecified atom stereocenters. The van der Waals surface area contributed by atoms with E-state index in [0.717, 1.165) is 71.8 Å². The first-order valence-electron chi connectivity index (χ1n) is 11.4. The van der Waals surface area contributed by atoms with Crippen LogP contribution >= 0.6 is 22.6 Å². The van der Waals surface area contributed by atoms with Crippen molar-refractivity contribution in [1.29, 1.82) is 0 Å². The zero-order valence-corrected chi connectivity index (χ0v) is 21.6. The van der Waals surface area contributed by atoms with Crippen LogP contribution < -0.4 is 4.31 Å². The Kier molecular flexibility index (Phi) is 8.99. The predicted octanol–water partition coefficient (Wildman–Crippen LogP) is 6.55. The normalized spacial score (nSPS) is 16.8. The monoisotopic (exact) mass is 569 g/mol. The second kappa shape index (κ2) is 11.5. The van der Waals surface area contributed by atoms with Gasteiger partial charge in [0.2, 0.25) is 0 Å². The fraction of sp³-hybridized carbons (Fsp3) is 0.480. The molecule has 1 aliphatic heterocycles. The highest BCUT2D eigenvalue weighted by atomic mass is 127. The molecule has 3 rings (SSSR count). The molecule has 1 atom stereocenters. The van der Waals surface area contributed by atoms with Gasteiger partial charge in [0.25, 0.3) is 10.0 Å². The zero-order chi connectivity index (χ0) is 23.1. The molecule has 5 nitrogen and oxygen atoms in total. The van der Waals surface area contributed by atoms with Gasteiger partial charge in [0.15, 0.2) is 0 Å². The molecule has 2 aromatic rings. The molecule has 174 valence electrons. The number of unbranched alkanes of at least 4 members (excludes halogenated alkanes) is 7. The molecular formula is C25H32INO4S. The molecule has 0 spiro atoms. The van der Waals surface area contributed by atoms with Crippen LogP contribution in [0, 0.1) is 3.57 Å². The standard InChI is InChI=1S/C25H32INO4S/c1-27-23-14-11-10-13-21(23)20(22-17-16-19(26)18-24(22)32(27,30)31)12-8-6-4-2-3-5-7-9-15-25(28)29/h10-11,13-14,16-18,20H,2-9,12,15H2,1H3,(H,28,29). The summed E-state index contributed by atoms with van der Waals surface area (Å²) in [5.41, 5.74) is 2.75. The second-order valence-corrected chi connectivity index (χ2v) is 11.7. The number of anilines is 1. The van der Waals surface area contributed by atoms with Crippen molar-refractivity contribution in [3.05, 3.63) is 57.2 Å². The molecular weight excluding hydrogens is 537 g/mol. The number of fused-ring (bicyclic) bond motifs is 2. The number of carboxylic acids is 1. The highest BCUT2D eigenvalue weighted by Crippen LogP contribution is 2.43. The average molecular weight is 570 g/mol. The minimum absolute atomic E-state index is 0.0638. The number of benzene rings is 2. The molecule has 0 aromatic heterocycles. The summed E-state index contributed by atoms with van der Waals surface area (Å²) in [6, 6.07) is 13.7. The van der Waals surface area contributed by atoms with E-state index in [9.17, 15) is 13.2 Å². The van der Waals surface area contributed by atoms with Crippen LogP contribution in [0.25, 0.3) is 0 Å². The number of nitrogens with zero attached hydrogens (tertiary/aromatic N) is 1. The molecule has 0 radical (unpaired) electrons. The number of aliphatic carboxylic acids is 1. The topological polar surface area (TPSA) is 74.7 Å². The number of hydrogen-bond donors (Lipinski definition) is 1. The van der Waals surface area contributed by atoms with Crippen LogP contribution in [-0.4, -0.2) is 26.5 Å². The SMILES string of the molecule is CN1c2ccccc2C(CCCCCCCCCCC(=O)O)c2ccc(I)cc2S1(=O)=O. The Morgan fingerprint density at radius 1 is 0.938 bits per heavy atom. The fourth-order valence-corrected chi connectivity index (χ4v) is 6.74. The minimum Gasteiger partial charge on any atom is -0.481 e. The Morgan fingerprint density at radius 2 is 1.56 bits per heavy atom. The first-order valence-corrected chi connectivity index (χ1v) is 13.9. The molecule has 0 saturated carbocycles. The Labute approximate surface area is 205 Å². The summed E-state index contributed by atoms with van der Waals surface area (Å²) in [6.45, 7) is 0. The van der Waals surface area contributed by atoms with E-state index in [1.807, 2.05) is 30.3 Å². The van der Waals surface area contributed by atoms with Gasteiger partial charge in [0.05, 0.1) is 10.6 Å². The van der Waals surface area contributed by atoms with Gasteiger partial charge in [-0.05, 0) is 64.8 Å². The van der Waals surface area contributed by atoms with Crippen molar-refractivity contribution in [3.63, 3.8) is 0 Å². The Bertz CT molecular complexity index is 1040. The number of carboxylic acid groups (broad SMARTS) is 1. The number of rotatable bonds is 11. The summed E-state index contributed by atoms with van der Waals surface area (Å²) in [4.78, 5) is 11.0. The summed E-state index contributed by atoms with van der Waals surface area (Å²) < 4.78 is 29.0. The number of para-hydroxylation sites is 1. The first-order chi connectivity index (χ1) is 15.3. The van der Waals surface area contributed by atoms with E-state index in [0.29, 0.717) is 4.90 Å². The quantitative estimate of drug-likeness (QED) is 0.246. The van der Waals surface area contributed by atoms with E-state index in [1.54, 1.807) is 13.1 Å². The summed E-state index contributed by atoms with van der Waals surface area (Å²) in [5, 5.41) is 8.68. The summed E-state index contributed by atoms with van der Waals surface area (Å²) in [7, 11) is -1.94. The zero-order valence-electron chi connectivity index (χ0n) is 18.6.